The summed E-state index contributed by atoms with van der Waals surface area (Å²) in [6.45, 7) is 13.4. The molecule has 2 heterocycles. The molecule has 246 valence electrons. The van der Waals surface area contributed by atoms with Crippen molar-refractivity contribution in [3.8, 4) is 67.8 Å². The summed E-state index contributed by atoms with van der Waals surface area (Å²) < 4.78 is 0. The van der Waals surface area contributed by atoms with Crippen molar-refractivity contribution in [2.24, 2.45) is 0 Å². The Morgan fingerprint density at radius 2 is 0.700 bits per heavy atom. The normalized spacial score (nSPS) is 11.8. The maximum atomic E-state index is 5.10. The highest BCUT2D eigenvalue weighted by Gasteiger charge is 2.19. The van der Waals surface area contributed by atoms with Crippen LogP contribution >= 0.6 is 0 Å². The predicted octanol–water partition coefficient (Wildman–Crippen LogP) is 11.9. The summed E-state index contributed by atoms with van der Waals surface area (Å²) in [6, 6.07) is 50.6. The molecule has 7 rings (SSSR count). The molecule has 0 aliphatic rings. The highest BCUT2D eigenvalue weighted by Crippen LogP contribution is 2.33. The van der Waals surface area contributed by atoms with Gasteiger partial charge in [0.2, 0.25) is 0 Å². The van der Waals surface area contributed by atoms with Crippen LogP contribution in [0.2, 0.25) is 0 Å². The molecule has 0 saturated carbocycles. The Balaban J connectivity index is 1.25. The standard InChI is InChI=1S/C46H42N4/c1-45(2,3)38-26-24-35(25-27-38)43-48-42(34-16-11-8-12-17-34)49-44(50-43)37-19-13-18-36(28-37)31-20-22-33(23-21-31)41-30-39(46(4,5)6)29-40(47-41)32-14-9-7-10-15-32/h7-30H,1-6H3. The van der Waals surface area contributed by atoms with Gasteiger partial charge < -0.3 is 0 Å². The Morgan fingerprint density at radius 1 is 0.300 bits per heavy atom. The second kappa shape index (κ2) is 13.3. The van der Waals surface area contributed by atoms with E-state index in [0.717, 1.165) is 50.3 Å². The van der Waals surface area contributed by atoms with E-state index in [9.17, 15) is 0 Å². The molecule has 0 amide bonds. The van der Waals surface area contributed by atoms with E-state index in [1.54, 1.807) is 0 Å². The van der Waals surface area contributed by atoms with Crippen molar-refractivity contribution >= 4 is 0 Å². The van der Waals surface area contributed by atoms with Crippen LogP contribution in [0.15, 0.2) is 146 Å². The quantitative estimate of drug-likeness (QED) is 0.180. The van der Waals surface area contributed by atoms with Gasteiger partial charge in [0.05, 0.1) is 11.4 Å². The van der Waals surface area contributed by atoms with E-state index in [4.69, 9.17) is 19.9 Å². The van der Waals surface area contributed by atoms with Crippen LogP contribution in [0.25, 0.3) is 67.8 Å². The third-order valence-electron chi connectivity index (χ3n) is 9.07. The van der Waals surface area contributed by atoms with Crippen LogP contribution in [0.3, 0.4) is 0 Å². The Morgan fingerprint density at radius 3 is 1.24 bits per heavy atom. The van der Waals surface area contributed by atoms with Gasteiger partial charge in [-0.1, -0.05) is 169 Å². The first-order chi connectivity index (χ1) is 24.0. The van der Waals surface area contributed by atoms with Crippen molar-refractivity contribution in [2.45, 2.75) is 52.4 Å². The van der Waals surface area contributed by atoms with Crippen LogP contribution < -0.4 is 0 Å². The number of hydrogen-bond donors (Lipinski definition) is 0. The van der Waals surface area contributed by atoms with Crippen LogP contribution in [0.5, 0.6) is 0 Å². The maximum Gasteiger partial charge on any atom is 0.164 e. The van der Waals surface area contributed by atoms with E-state index in [0.29, 0.717) is 17.5 Å². The molecule has 0 N–H and O–H groups in total. The SMILES string of the molecule is CC(C)(C)c1ccc(-c2nc(-c3ccccc3)nc(-c3cccc(-c4ccc(-c5cc(C(C)(C)C)cc(-c6ccccc6)n5)cc4)c3)n2)cc1. The van der Waals surface area contributed by atoms with Gasteiger partial charge >= 0.3 is 0 Å². The van der Waals surface area contributed by atoms with Crippen molar-refractivity contribution in [3.05, 3.63) is 157 Å². The lowest BCUT2D eigenvalue weighted by molar-refractivity contribution is 0.590. The molecule has 0 radical (unpaired) electrons. The summed E-state index contributed by atoms with van der Waals surface area (Å²) in [5.41, 5.74) is 11.8. The minimum atomic E-state index is -0.00719. The first-order valence-electron chi connectivity index (χ1n) is 17.2. The Kier molecular flexibility index (Phi) is 8.71. The zero-order chi connectivity index (χ0) is 34.9. The second-order valence-corrected chi connectivity index (χ2v) is 14.9. The van der Waals surface area contributed by atoms with Gasteiger partial charge in [-0.05, 0) is 51.3 Å². The van der Waals surface area contributed by atoms with Gasteiger partial charge in [-0.2, -0.15) is 0 Å². The Bertz CT molecular complexity index is 2240. The van der Waals surface area contributed by atoms with E-state index in [2.05, 4.69) is 151 Å². The largest absolute Gasteiger partial charge is 0.248 e. The van der Waals surface area contributed by atoms with Crippen LogP contribution in [-0.4, -0.2) is 19.9 Å². The third-order valence-corrected chi connectivity index (χ3v) is 9.07. The average molecular weight is 651 g/mol. The topological polar surface area (TPSA) is 51.6 Å². The molecule has 50 heavy (non-hydrogen) atoms. The zero-order valence-electron chi connectivity index (χ0n) is 29.6. The monoisotopic (exact) mass is 650 g/mol. The molecule has 7 aromatic rings. The van der Waals surface area contributed by atoms with Crippen LogP contribution in [-0.2, 0) is 10.8 Å². The van der Waals surface area contributed by atoms with Crippen molar-refractivity contribution in [1.82, 2.24) is 19.9 Å². The number of pyridine rings is 1. The van der Waals surface area contributed by atoms with Crippen molar-refractivity contribution in [2.75, 3.05) is 0 Å². The number of rotatable bonds is 6. The zero-order valence-corrected chi connectivity index (χ0v) is 29.6. The van der Waals surface area contributed by atoms with Gasteiger partial charge in [0.15, 0.2) is 17.5 Å². The second-order valence-electron chi connectivity index (χ2n) is 14.9. The van der Waals surface area contributed by atoms with Gasteiger partial charge in [-0.25, -0.2) is 19.9 Å². The fourth-order valence-corrected chi connectivity index (χ4v) is 6.01. The first-order valence-corrected chi connectivity index (χ1v) is 17.2. The molecule has 2 aromatic heterocycles. The van der Waals surface area contributed by atoms with Gasteiger partial charge in [-0.3, -0.25) is 0 Å². The Hall–Kier alpha value is -5.74. The summed E-state index contributed by atoms with van der Waals surface area (Å²) in [5, 5.41) is 0. The van der Waals surface area contributed by atoms with E-state index >= 15 is 0 Å². The lowest BCUT2D eigenvalue weighted by Crippen LogP contribution is -2.12. The molecule has 4 heteroatoms. The molecule has 0 saturated heterocycles. The highest BCUT2D eigenvalue weighted by atomic mass is 15.0. The fourth-order valence-electron chi connectivity index (χ4n) is 6.01. The molecular formula is C46H42N4. The number of benzene rings is 5. The van der Waals surface area contributed by atoms with Crippen molar-refractivity contribution < 1.29 is 0 Å². The molecule has 0 atom stereocenters. The third kappa shape index (κ3) is 7.16. The minimum Gasteiger partial charge on any atom is -0.248 e. The van der Waals surface area contributed by atoms with Gasteiger partial charge in [0.25, 0.3) is 0 Å². The summed E-state index contributed by atoms with van der Waals surface area (Å²) in [7, 11) is 0. The molecule has 0 aliphatic heterocycles. The Labute approximate surface area is 296 Å². The van der Waals surface area contributed by atoms with Crippen molar-refractivity contribution in [3.63, 3.8) is 0 Å². The lowest BCUT2D eigenvalue weighted by Gasteiger charge is -2.21. The van der Waals surface area contributed by atoms with E-state index in [1.807, 2.05) is 36.4 Å². The molecule has 0 bridgehead atoms. The van der Waals surface area contributed by atoms with Crippen molar-refractivity contribution in [1.29, 1.82) is 0 Å². The number of nitrogens with zero attached hydrogens (tertiary/aromatic N) is 4. The maximum absolute atomic E-state index is 5.10. The molecule has 0 fully saturated rings. The minimum absolute atomic E-state index is 0.00719. The van der Waals surface area contributed by atoms with E-state index in [1.165, 1.54) is 11.1 Å². The molecule has 0 spiro atoms. The molecule has 0 aliphatic carbocycles. The molecular weight excluding hydrogens is 609 g/mol. The molecule has 0 unspecified atom stereocenters. The fraction of sp³-hybridized carbons (Fsp3) is 0.174. The van der Waals surface area contributed by atoms with Gasteiger partial charge in [0.1, 0.15) is 0 Å². The molecule has 5 aromatic carbocycles. The first kappa shape index (κ1) is 32.8. The summed E-state index contributed by atoms with van der Waals surface area (Å²) in [6.07, 6.45) is 0. The van der Waals surface area contributed by atoms with Crippen LogP contribution in [0.4, 0.5) is 0 Å². The van der Waals surface area contributed by atoms with E-state index < -0.39 is 0 Å². The van der Waals surface area contributed by atoms with Crippen LogP contribution in [0, 0.1) is 0 Å². The van der Waals surface area contributed by atoms with Gasteiger partial charge in [-0.15, -0.1) is 0 Å². The number of hydrogen-bond acceptors (Lipinski definition) is 4. The van der Waals surface area contributed by atoms with Gasteiger partial charge in [0, 0.05) is 27.8 Å². The predicted molar refractivity (Wildman–Crippen MR) is 208 cm³/mol. The summed E-state index contributed by atoms with van der Waals surface area (Å²) in [5.74, 6) is 1.95. The lowest BCUT2D eigenvalue weighted by atomic mass is 9.85. The average Bonchev–Trinajstić information content (AvgIpc) is 3.14. The van der Waals surface area contributed by atoms with Crippen LogP contribution in [0.1, 0.15) is 52.7 Å². The summed E-state index contributed by atoms with van der Waals surface area (Å²) in [4.78, 5) is 20.0. The highest BCUT2D eigenvalue weighted by molar-refractivity contribution is 5.75. The smallest absolute Gasteiger partial charge is 0.164 e. The number of aromatic nitrogens is 4. The summed E-state index contributed by atoms with van der Waals surface area (Å²) >= 11 is 0. The molecule has 4 nitrogen and oxygen atoms in total. The van der Waals surface area contributed by atoms with E-state index in [-0.39, 0.29) is 10.8 Å².